The van der Waals surface area contributed by atoms with Gasteiger partial charge >= 0.3 is 11.4 Å². The minimum absolute atomic E-state index is 0.0356. The highest BCUT2D eigenvalue weighted by Gasteiger charge is 2.22. The Morgan fingerprint density at radius 2 is 0.673 bits per heavy atom. The molecule has 0 aliphatic heterocycles. The number of rotatable bonds is 7. The van der Waals surface area contributed by atoms with Crippen LogP contribution in [-0.4, -0.2) is 35.1 Å². The molecule has 2 heterocycles. The molecule has 0 atom stereocenters. The minimum atomic E-state index is -3.95. The van der Waals surface area contributed by atoms with Crippen molar-refractivity contribution in [3.63, 3.8) is 0 Å². The molecule has 8 aromatic rings. The first-order chi connectivity index (χ1) is 25.0. The molecule has 52 heavy (non-hydrogen) atoms. The molecule has 8 rings (SSSR count). The molecule has 258 valence electrons. The number of imidazole rings is 2. The van der Waals surface area contributed by atoms with Gasteiger partial charge in [-0.25, -0.2) is 26.4 Å². The lowest BCUT2D eigenvalue weighted by Gasteiger charge is -2.09. The summed E-state index contributed by atoms with van der Waals surface area (Å²) in [5.74, 6) is 0. The summed E-state index contributed by atoms with van der Waals surface area (Å²) in [4.78, 5) is 27.4. The van der Waals surface area contributed by atoms with Crippen LogP contribution in [0, 0.1) is 6.92 Å². The SMILES string of the molecule is Cc1ccc(S(=O)(=O)c2ccc(-n3c(=O)n(-c4ccc(S(=O)(=O)c5ccc(-n6c(=O)n(C)c7ccccc76)cc5)cc4)c4ccccc43)cc2)cc1. The summed E-state index contributed by atoms with van der Waals surface area (Å²) in [5, 5.41) is 0. The fourth-order valence-electron chi connectivity index (χ4n) is 6.50. The van der Waals surface area contributed by atoms with Crippen LogP contribution in [0.1, 0.15) is 5.56 Å². The molecule has 0 spiro atoms. The fraction of sp³-hybridized carbons (Fsp3) is 0.0500. The van der Waals surface area contributed by atoms with Gasteiger partial charge < -0.3 is 0 Å². The van der Waals surface area contributed by atoms with Gasteiger partial charge in [-0.3, -0.25) is 18.3 Å². The predicted octanol–water partition coefficient (Wildman–Crippen LogP) is 6.40. The van der Waals surface area contributed by atoms with E-state index < -0.39 is 25.4 Å². The van der Waals surface area contributed by atoms with E-state index >= 15 is 0 Å². The number of hydrogen-bond acceptors (Lipinski definition) is 6. The van der Waals surface area contributed by atoms with Gasteiger partial charge in [-0.1, -0.05) is 42.0 Å². The van der Waals surface area contributed by atoms with E-state index in [-0.39, 0.29) is 25.3 Å². The van der Waals surface area contributed by atoms with Crippen LogP contribution in [0.25, 0.3) is 39.1 Å². The van der Waals surface area contributed by atoms with E-state index in [0.29, 0.717) is 33.6 Å². The number of aryl methyl sites for hydroxylation is 2. The molecule has 0 aliphatic rings. The zero-order chi connectivity index (χ0) is 36.4. The number of sulfone groups is 2. The molecular weight excluding hydrogens is 697 g/mol. The van der Waals surface area contributed by atoms with Crippen molar-refractivity contribution >= 4 is 41.7 Å². The van der Waals surface area contributed by atoms with Gasteiger partial charge in [0.1, 0.15) is 0 Å². The zero-order valence-electron chi connectivity index (χ0n) is 27.9. The molecule has 6 aromatic carbocycles. The normalized spacial score (nSPS) is 12.1. The van der Waals surface area contributed by atoms with Crippen LogP contribution in [-0.2, 0) is 26.7 Å². The lowest BCUT2D eigenvalue weighted by molar-refractivity contribution is 0.594. The second-order valence-corrected chi connectivity index (χ2v) is 16.3. The van der Waals surface area contributed by atoms with E-state index in [4.69, 9.17) is 0 Å². The highest BCUT2D eigenvalue weighted by atomic mass is 32.2. The molecule has 0 bridgehead atoms. The molecule has 0 unspecified atom stereocenters. The summed E-state index contributed by atoms with van der Waals surface area (Å²) in [6, 6.07) is 39.6. The number of nitrogens with zero attached hydrogens (tertiary/aromatic N) is 4. The second-order valence-electron chi connectivity index (χ2n) is 12.4. The smallest absolute Gasteiger partial charge is 0.295 e. The first-order valence-corrected chi connectivity index (χ1v) is 19.2. The molecule has 0 N–H and O–H groups in total. The molecule has 2 aromatic heterocycles. The Labute approximate surface area is 298 Å². The Hall–Kier alpha value is -6.24. The molecule has 0 saturated carbocycles. The van der Waals surface area contributed by atoms with Crippen LogP contribution >= 0.6 is 0 Å². The molecule has 12 heteroatoms. The van der Waals surface area contributed by atoms with Crippen molar-refractivity contribution in [2.24, 2.45) is 7.05 Å². The molecule has 10 nitrogen and oxygen atoms in total. The first kappa shape index (κ1) is 32.9. The van der Waals surface area contributed by atoms with Crippen molar-refractivity contribution in [1.82, 2.24) is 18.3 Å². The van der Waals surface area contributed by atoms with E-state index in [1.807, 2.05) is 31.2 Å². The molecule has 0 aliphatic carbocycles. The van der Waals surface area contributed by atoms with Crippen molar-refractivity contribution in [3.8, 4) is 17.1 Å². The number of para-hydroxylation sites is 4. The Morgan fingerprint density at radius 1 is 0.385 bits per heavy atom. The van der Waals surface area contributed by atoms with E-state index in [0.717, 1.165) is 11.1 Å². The standard InChI is InChI=1S/C40H30N4O6S2/c1-27-11-19-31(20-12-27)51(47,48)32-23-15-29(16-24-32)43-37-9-5-6-10-38(37)44(40(43)46)30-17-25-34(26-18-30)52(49,50)33-21-13-28(14-22-33)42-36-8-4-3-7-35(36)41(2)39(42)45/h3-26H,1-2H3. The summed E-state index contributed by atoms with van der Waals surface area (Å²) in [5.41, 5.74) is 4.38. The maximum absolute atomic E-state index is 14.0. The third-order valence-electron chi connectivity index (χ3n) is 9.26. The van der Waals surface area contributed by atoms with Gasteiger partial charge in [0.25, 0.3) is 0 Å². The van der Waals surface area contributed by atoms with Crippen LogP contribution in [0.4, 0.5) is 0 Å². The maximum atomic E-state index is 14.0. The molecule has 0 amide bonds. The van der Waals surface area contributed by atoms with E-state index in [2.05, 4.69) is 0 Å². The summed E-state index contributed by atoms with van der Waals surface area (Å²) in [6.45, 7) is 1.88. The summed E-state index contributed by atoms with van der Waals surface area (Å²) >= 11 is 0. The Kier molecular flexibility index (Phi) is 7.74. The summed E-state index contributed by atoms with van der Waals surface area (Å²) in [7, 11) is -6.02. The van der Waals surface area contributed by atoms with Crippen molar-refractivity contribution in [1.29, 1.82) is 0 Å². The molecule has 0 radical (unpaired) electrons. The number of hydrogen-bond donors (Lipinski definition) is 0. The Morgan fingerprint density at radius 3 is 1.04 bits per heavy atom. The van der Waals surface area contributed by atoms with Crippen LogP contribution in [0.3, 0.4) is 0 Å². The number of aromatic nitrogens is 4. The average molecular weight is 727 g/mol. The zero-order valence-corrected chi connectivity index (χ0v) is 29.5. The largest absolute Gasteiger partial charge is 0.338 e. The van der Waals surface area contributed by atoms with Crippen molar-refractivity contribution in [2.75, 3.05) is 0 Å². The lowest BCUT2D eigenvalue weighted by atomic mass is 10.2. The fourth-order valence-corrected chi connectivity index (χ4v) is 9.02. The molecule has 0 saturated heterocycles. The van der Waals surface area contributed by atoms with Crippen molar-refractivity contribution in [3.05, 3.63) is 172 Å². The number of fused-ring (bicyclic) bond motifs is 2. The van der Waals surface area contributed by atoms with Crippen LogP contribution < -0.4 is 11.4 Å². The summed E-state index contributed by atoms with van der Waals surface area (Å²) in [6.07, 6.45) is 0. The first-order valence-electron chi connectivity index (χ1n) is 16.2. The monoisotopic (exact) mass is 726 g/mol. The maximum Gasteiger partial charge on any atom is 0.338 e. The average Bonchev–Trinajstić information content (AvgIpc) is 3.60. The van der Waals surface area contributed by atoms with Gasteiger partial charge in [0.15, 0.2) is 0 Å². The summed E-state index contributed by atoms with van der Waals surface area (Å²) < 4.78 is 60.0. The minimum Gasteiger partial charge on any atom is -0.295 e. The van der Waals surface area contributed by atoms with Gasteiger partial charge in [0.05, 0.1) is 58.7 Å². The predicted molar refractivity (Wildman–Crippen MR) is 199 cm³/mol. The van der Waals surface area contributed by atoms with E-state index in [1.54, 1.807) is 96.5 Å². The Bertz CT molecular complexity index is 3010. The Balaban J connectivity index is 1.12. The van der Waals surface area contributed by atoms with Crippen LogP contribution in [0.5, 0.6) is 0 Å². The van der Waals surface area contributed by atoms with Gasteiger partial charge in [-0.05, 0) is 116 Å². The van der Waals surface area contributed by atoms with Gasteiger partial charge in [0, 0.05) is 7.05 Å². The van der Waals surface area contributed by atoms with Crippen molar-refractivity contribution in [2.45, 2.75) is 26.5 Å². The van der Waals surface area contributed by atoms with Crippen LogP contribution in [0.15, 0.2) is 175 Å². The van der Waals surface area contributed by atoms with Crippen molar-refractivity contribution < 1.29 is 16.8 Å². The highest BCUT2D eigenvalue weighted by molar-refractivity contribution is 7.91. The second kappa shape index (κ2) is 12.2. The third kappa shape index (κ3) is 5.22. The van der Waals surface area contributed by atoms with Gasteiger partial charge in [-0.15, -0.1) is 0 Å². The quantitative estimate of drug-likeness (QED) is 0.188. The number of benzene rings is 6. The van der Waals surface area contributed by atoms with Gasteiger partial charge in [0.2, 0.25) is 19.7 Å². The van der Waals surface area contributed by atoms with E-state index in [1.165, 1.54) is 50.1 Å². The lowest BCUT2D eigenvalue weighted by Crippen LogP contribution is -2.22. The third-order valence-corrected chi connectivity index (χ3v) is 12.8. The molecular formula is C40H30N4O6S2. The van der Waals surface area contributed by atoms with E-state index in [9.17, 15) is 26.4 Å². The highest BCUT2D eigenvalue weighted by Crippen LogP contribution is 2.27. The topological polar surface area (TPSA) is 122 Å². The van der Waals surface area contributed by atoms with Crippen LogP contribution in [0.2, 0.25) is 0 Å². The van der Waals surface area contributed by atoms with Gasteiger partial charge in [-0.2, -0.15) is 0 Å². The molecule has 0 fully saturated rings.